The van der Waals surface area contributed by atoms with E-state index in [2.05, 4.69) is 9.97 Å². The summed E-state index contributed by atoms with van der Waals surface area (Å²) in [5.41, 5.74) is 5.65. The van der Waals surface area contributed by atoms with Gasteiger partial charge in [0.1, 0.15) is 40.1 Å². The molecule has 0 aliphatic heterocycles. The monoisotopic (exact) mass is 434 g/mol. The Kier molecular flexibility index (Phi) is 5.92. The van der Waals surface area contributed by atoms with E-state index < -0.39 is 26.5 Å². The molecular formula is C19H19FN4O5S. The van der Waals surface area contributed by atoms with Crippen LogP contribution in [0.3, 0.4) is 0 Å². The number of anilines is 2. The van der Waals surface area contributed by atoms with Gasteiger partial charge in [0.05, 0.1) is 26.5 Å². The Bertz CT molecular complexity index is 1160. The van der Waals surface area contributed by atoms with E-state index in [9.17, 15) is 17.9 Å². The number of aromatic nitrogens is 2. The van der Waals surface area contributed by atoms with E-state index in [4.69, 9.17) is 15.2 Å². The first-order valence-electron chi connectivity index (χ1n) is 8.55. The fourth-order valence-electron chi connectivity index (χ4n) is 2.73. The van der Waals surface area contributed by atoms with Crippen molar-refractivity contribution in [3.8, 4) is 17.2 Å². The standard InChI is InChI=1S/C19H19FN4O5S/c1-28-13-4-3-12(17(7-13)29-2)10-24(19-5-6-22-11-23-19)30(26,27)18-9-16(25)15(21)8-14(18)20/h3-9,11,25H,10,21H2,1-2H3. The van der Waals surface area contributed by atoms with Gasteiger partial charge in [-0.05, 0) is 12.1 Å². The largest absolute Gasteiger partial charge is 0.506 e. The number of halogens is 1. The average molecular weight is 434 g/mol. The maximum Gasteiger partial charge on any atom is 0.268 e. The van der Waals surface area contributed by atoms with Gasteiger partial charge in [0.25, 0.3) is 10.0 Å². The third-order valence-electron chi connectivity index (χ3n) is 4.28. The number of sulfonamides is 1. The molecule has 0 aliphatic rings. The fourth-order valence-corrected chi connectivity index (χ4v) is 4.20. The van der Waals surface area contributed by atoms with Gasteiger partial charge in [-0.3, -0.25) is 0 Å². The maximum absolute atomic E-state index is 14.5. The van der Waals surface area contributed by atoms with Crippen LogP contribution in [0.15, 0.2) is 53.8 Å². The quantitative estimate of drug-likeness (QED) is 0.428. The minimum atomic E-state index is -4.50. The highest BCUT2D eigenvalue weighted by Crippen LogP contribution is 2.33. The van der Waals surface area contributed by atoms with Crippen molar-refractivity contribution < 1.29 is 27.4 Å². The van der Waals surface area contributed by atoms with Crippen LogP contribution in [-0.4, -0.2) is 37.7 Å². The van der Waals surface area contributed by atoms with Crippen LogP contribution in [0.5, 0.6) is 17.2 Å². The predicted octanol–water partition coefficient (Wildman–Crippen LogP) is 2.32. The number of nitrogens with zero attached hydrogens (tertiary/aromatic N) is 3. The molecule has 9 nitrogen and oxygen atoms in total. The molecule has 1 aromatic heterocycles. The highest BCUT2D eigenvalue weighted by atomic mass is 32.2. The Labute approximate surface area is 172 Å². The first kappa shape index (κ1) is 21.1. The van der Waals surface area contributed by atoms with Crippen LogP contribution in [0.1, 0.15) is 5.56 Å². The smallest absolute Gasteiger partial charge is 0.268 e. The van der Waals surface area contributed by atoms with Crippen LogP contribution in [-0.2, 0) is 16.6 Å². The van der Waals surface area contributed by atoms with Crippen molar-refractivity contribution >= 4 is 21.5 Å². The summed E-state index contributed by atoms with van der Waals surface area (Å²) in [7, 11) is -1.58. The summed E-state index contributed by atoms with van der Waals surface area (Å²) in [6.07, 6.45) is 2.52. The minimum Gasteiger partial charge on any atom is -0.506 e. The van der Waals surface area contributed by atoms with Crippen molar-refractivity contribution in [2.24, 2.45) is 0 Å². The van der Waals surface area contributed by atoms with E-state index in [0.29, 0.717) is 17.1 Å². The zero-order valence-corrected chi connectivity index (χ0v) is 16.9. The molecule has 0 bridgehead atoms. The molecule has 3 N–H and O–H groups in total. The number of ether oxygens (including phenoxy) is 2. The number of phenolic OH excluding ortho intramolecular Hbond substituents is 1. The van der Waals surface area contributed by atoms with Crippen molar-refractivity contribution in [1.29, 1.82) is 0 Å². The van der Waals surface area contributed by atoms with Gasteiger partial charge in [0, 0.05) is 36.0 Å². The number of nitrogens with two attached hydrogens (primary N) is 1. The minimum absolute atomic E-state index is 0.00131. The van der Waals surface area contributed by atoms with Crippen molar-refractivity contribution in [2.75, 3.05) is 24.3 Å². The molecule has 2 aromatic carbocycles. The Morgan fingerprint density at radius 3 is 2.57 bits per heavy atom. The predicted molar refractivity (Wildman–Crippen MR) is 107 cm³/mol. The first-order valence-corrected chi connectivity index (χ1v) is 9.99. The molecule has 0 radical (unpaired) electrons. The summed E-state index contributed by atoms with van der Waals surface area (Å²) in [5, 5.41) is 9.84. The SMILES string of the molecule is COc1ccc(CN(c2ccncn2)S(=O)(=O)c2cc(O)c(N)cc2F)c(OC)c1. The average Bonchev–Trinajstić information content (AvgIpc) is 2.74. The van der Waals surface area contributed by atoms with E-state index >= 15 is 0 Å². The molecule has 3 aromatic rings. The van der Waals surface area contributed by atoms with Gasteiger partial charge >= 0.3 is 0 Å². The van der Waals surface area contributed by atoms with Crippen LogP contribution in [0, 0.1) is 5.82 Å². The van der Waals surface area contributed by atoms with Crippen molar-refractivity contribution in [2.45, 2.75) is 11.4 Å². The van der Waals surface area contributed by atoms with Gasteiger partial charge < -0.3 is 20.3 Å². The molecule has 0 saturated carbocycles. The van der Waals surface area contributed by atoms with E-state index in [1.165, 1.54) is 32.8 Å². The number of phenols is 1. The van der Waals surface area contributed by atoms with Crippen molar-refractivity contribution in [1.82, 2.24) is 9.97 Å². The molecule has 0 unspecified atom stereocenters. The van der Waals surface area contributed by atoms with Gasteiger partial charge in [-0.1, -0.05) is 0 Å². The van der Waals surface area contributed by atoms with Gasteiger partial charge in [-0.25, -0.2) is 27.1 Å². The number of methoxy groups -OCH3 is 2. The Morgan fingerprint density at radius 2 is 1.93 bits per heavy atom. The molecule has 0 fully saturated rings. The molecule has 0 atom stereocenters. The molecule has 0 aliphatic carbocycles. The zero-order valence-electron chi connectivity index (χ0n) is 16.1. The van der Waals surface area contributed by atoms with E-state index in [1.807, 2.05) is 0 Å². The summed E-state index contributed by atoms with van der Waals surface area (Å²) in [6, 6.07) is 7.72. The zero-order chi connectivity index (χ0) is 21.9. The maximum atomic E-state index is 14.5. The lowest BCUT2D eigenvalue weighted by atomic mass is 10.2. The lowest BCUT2D eigenvalue weighted by Crippen LogP contribution is -2.32. The fraction of sp³-hybridized carbons (Fsp3) is 0.158. The van der Waals surface area contributed by atoms with E-state index in [0.717, 1.165) is 16.4 Å². The van der Waals surface area contributed by atoms with Crippen LogP contribution in [0.25, 0.3) is 0 Å². The molecule has 1 heterocycles. The van der Waals surface area contributed by atoms with E-state index in [-0.39, 0.29) is 18.1 Å². The first-order chi connectivity index (χ1) is 14.3. The summed E-state index contributed by atoms with van der Waals surface area (Å²) < 4.78 is 52.6. The highest BCUT2D eigenvalue weighted by Gasteiger charge is 2.31. The summed E-state index contributed by atoms with van der Waals surface area (Å²) in [6.45, 7) is -0.239. The van der Waals surface area contributed by atoms with Gasteiger partial charge in [-0.2, -0.15) is 0 Å². The van der Waals surface area contributed by atoms with Crippen LogP contribution >= 0.6 is 0 Å². The number of benzene rings is 2. The second-order valence-corrected chi connectivity index (χ2v) is 7.93. The number of hydrogen-bond acceptors (Lipinski definition) is 8. The molecule has 30 heavy (non-hydrogen) atoms. The Balaban J connectivity index is 2.14. The lowest BCUT2D eigenvalue weighted by Gasteiger charge is -2.24. The number of hydrogen-bond donors (Lipinski definition) is 2. The van der Waals surface area contributed by atoms with Crippen molar-refractivity contribution in [3.63, 3.8) is 0 Å². The molecule has 0 spiro atoms. The molecular weight excluding hydrogens is 415 g/mol. The molecule has 0 amide bonds. The normalized spacial score (nSPS) is 11.2. The van der Waals surface area contributed by atoms with Crippen LogP contribution < -0.4 is 19.5 Å². The van der Waals surface area contributed by atoms with Crippen LogP contribution in [0.4, 0.5) is 15.9 Å². The molecule has 11 heteroatoms. The Morgan fingerprint density at radius 1 is 1.17 bits per heavy atom. The summed E-state index contributed by atoms with van der Waals surface area (Å²) >= 11 is 0. The van der Waals surface area contributed by atoms with Gasteiger partial charge in [0.2, 0.25) is 0 Å². The lowest BCUT2D eigenvalue weighted by molar-refractivity contribution is 0.391. The van der Waals surface area contributed by atoms with Gasteiger partial charge in [0.15, 0.2) is 0 Å². The number of aromatic hydroxyl groups is 1. The van der Waals surface area contributed by atoms with Crippen LogP contribution in [0.2, 0.25) is 0 Å². The van der Waals surface area contributed by atoms with Crippen molar-refractivity contribution in [3.05, 3.63) is 60.3 Å². The van der Waals surface area contributed by atoms with Gasteiger partial charge in [-0.15, -0.1) is 0 Å². The summed E-state index contributed by atoms with van der Waals surface area (Å²) in [5.74, 6) is -0.782. The number of rotatable bonds is 7. The summed E-state index contributed by atoms with van der Waals surface area (Å²) in [4.78, 5) is 7.02. The topological polar surface area (TPSA) is 128 Å². The highest BCUT2D eigenvalue weighted by molar-refractivity contribution is 7.92. The van der Waals surface area contributed by atoms with E-state index in [1.54, 1.807) is 18.2 Å². The second-order valence-electron chi connectivity index (χ2n) is 6.10. The molecule has 0 saturated heterocycles. The third-order valence-corrected chi connectivity index (χ3v) is 6.04. The Hall–Kier alpha value is -3.60. The molecule has 158 valence electrons. The second kappa shape index (κ2) is 8.41. The third kappa shape index (κ3) is 4.06. The number of nitrogen functional groups attached to an aromatic ring is 1. The molecule has 3 rings (SSSR count).